The minimum Gasteiger partial charge on any atom is -0.790 e. The number of thioether (sulfide) groups is 1. The third-order valence-electron chi connectivity index (χ3n) is 8.14. The molecule has 1 saturated heterocycles. The average Bonchev–Trinajstić information content (AvgIpc) is 3.71. The van der Waals surface area contributed by atoms with Crippen LogP contribution in [0.25, 0.3) is 11.2 Å². The molecule has 1 aliphatic rings. The van der Waals surface area contributed by atoms with Crippen LogP contribution in [0.2, 0.25) is 0 Å². The number of amides is 2. The fourth-order valence-corrected chi connectivity index (χ4v) is 8.58. The van der Waals surface area contributed by atoms with E-state index in [4.69, 9.17) is 10.5 Å². The highest BCUT2D eigenvalue weighted by molar-refractivity contribution is 8.13. The lowest BCUT2D eigenvalue weighted by atomic mass is 9.87. The van der Waals surface area contributed by atoms with E-state index in [-0.39, 0.29) is 59.6 Å². The summed E-state index contributed by atoms with van der Waals surface area (Å²) >= 11 is 0.861. The van der Waals surface area contributed by atoms with Gasteiger partial charge in [-0.05, 0) is 0 Å². The Balaban J connectivity index is 1.20. The molecule has 326 valence electrons. The number of ether oxygens (including phenoxy) is 1. The van der Waals surface area contributed by atoms with Gasteiger partial charge in [0.1, 0.15) is 36.3 Å². The first kappa shape index (κ1) is 48.1. The number of nitrogens with zero attached hydrogens (tertiary/aromatic N) is 4. The molecule has 29 heteroatoms. The smallest absolute Gasteiger partial charge is 0.274 e. The molecule has 2 aromatic heterocycles. The number of hydrogen-bond acceptors (Lipinski definition) is 23. The number of carbonyl (C=O) groups is 4. The number of hydrogen-bond donors (Lipinski definition) is 5. The van der Waals surface area contributed by atoms with Crippen LogP contribution in [-0.4, -0.2) is 109 Å². The van der Waals surface area contributed by atoms with Crippen molar-refractivity contribution in [2.24, 2.45) is 5.41 Å². The van der Waals surface area contributed by atoms with Crippen LogP contribution in [0.4, 0.5) is 5.82 Å². The van der Waals surface area contributed by atoms with Gasteiger partial charge in [-0.2, -0.15) is 0 Å². The highest BCUT2D eigenvalue weighted by atomic mass is 32.2. The Morgan fingerprint density at radius 2 is 1.69 bits per heavy atom. The van der Waals surface area contributed by atoms with E-state index in [0.717, 1.165) is 29.0 Å². The van der Waals surface area contributed by atoms with Gasteiger partial charge in [0.15, 0.2) is 28.6 Å². The normalized spacial score (nSPS) is 21.0. The van der Waals surface area contributed by atoms with Gasteiger partial charge in [-0.1, -0.05) is 55.9 Å². The first-order chi connectivity index (χ1) is 27.5. The van der Waals surface area contributed by atoms with Crippen LogP contribution < -0.4 is 35.9 Å². The van der Waals surface area contributed by atoms with Crippen molar-refractivity contribution in [3.8, 4) is 0 Å². The summed E-state index contributed by atoms with van der Waals surface area (Å²) in [5, 5.41) is 25.8. The number of nitrogen functional groups attached to an aromatic ring is 1. The summed E-state index contributed by atoms with van der Waals surface area (Å²) in [4.78, 5) is 108. The predicted molar refractivity (Wildman–Crippen MR) is 194 cm³/mol. The number of benzene rings is 1. The van der Waals surface area contributed by atoms with Crippen molar-refractivity contribution in [1.29, 1.82) is 0 Å². The van der Waals surface area contributed by atoms with Crippen molar-refractivity contribution in [3.63, 3.8) is 0 Å². The van der Waals surface area contributed by atoms with E-state index in [9.17, 15) is 62.7 Å². The van der Waals surface area contributed by atoms with Crippen molar-refractivity contribution < 1.29 is 85.3 Å². The topological polar surface area (TPSA) is 392 Å². The van der Waals surface area contributed by atoms with Crippen LogP contribution in [0, 0.1) is 5.41 Å². The van der Waals surface area contributed by atoms with Crippen molar-refractivity contribution in [1.82, 2.24) is 30.2 Å². The summed E-state index contributed by atoms with van der Waals surface area (Å²) in [6.07, 6.45) is -8.04. The van der Waals surface area contributed by atoms with Gasteiger partial charge in [0, 0.05) is 36.2 Å². The van der Waals surface area contributed by atoms with Crippen molar-refractivity contribution in [2.75, 3.05) is 37.8 Å². The van der Waals surface area contributed by atoms with E-state index >= 15 is 0 Å². The summed E-state index contributed by atoms with van der Waals surface area (Å²) in [5.74, 6) is -1.82. The third-order valence-corrected chi connectivity index (χ3v) is 12.0. The van der Waals surface area contributed by atoms with E-state index in [1.54, 1.807) is 30.3 Å². The molecule has 25 nitrogen and oxygen atoms in total. The van der Waals surface area contributed by atoms with Crippen LogP contribution in [0.3, 0.4) is 0 Å². The van der Waals surface area contributed by atoms with Crippen molar-refractivity contribution >= 4 is 74.9 Å². The van der Waals surface area contributed by atoms with Gasteiger partial charge in [0.05, 0.1) is 33.8 Å². The maximum Gasteiger partial charge on any atom is 0.274 e. The summed E-state index contributed by atoms with van der Waals surface area (Å²) in [7, 11) is -17.6. The molecule has 1 aliphatic heterocycles. The zero-order valence-corrected chi connectivity index (χ0v) is 34.4. The summed E-state index contributed by atoms with van der Waals surface area (Å²) in [5.41, 5.74) is 4.42. The lowest BCUT2D eigenvalue weighted by molar-refractivity contribution is -0.347. The van der Waals surface area contributed by atoms with E-state index < -0.39 is 84.6 Å². The van der Waals surface area contributed by atoms with Crippen LogP contribution in [0.15, 0.2) is 43.0 Å². The highest BCUT2D eigenvalue weighted by Gasteiger charge is 2.47. The number of carbonyl (C=O) groups excluding carboxylic acids is 4. The molecule has 0 saturated carbocycles. The monoisotopic (exact) mass is 909 g/mol. The molecule has 0 bridgehead atoms. The number of nitrogens with two attached hydrogens (primary N) is 1. The van der Waals surface area contributed by atoms with E-state index in [2.05, 4.69) is 43.5 Å². The Kier molecular flexibility index (Phi) is 16.6. The molecule has 1 fully saturated rings. The number of fused-ring (bicyclic) bond motifs is 1. The number of aromatic nitrogens is 4. The number of phosphoric acid groups is 3. The zero-order chi connectivity index (χ0) is 43.8. The summed E-state index contributed by atoms with van der Waals surface area (Å²) in [6, 6.07) is 8.26. The van der Waals surface area contributed by atoms with Gasteiger partial charge in [-0.25, -0.2) is 19.3 Å². The highest BCUT2D eigenvalue weighted by Crippen LogP contribution is 2.56. The molecule has 1 aromatic carbocycles. The SMILES string of the molecule is CC(C)(COP(=O)([O-])OP(=O)([O-])OC[C@H]1O[C@@H](n2cnc3c(N)ncnc32)[C@@H](O)[C@@H]1OP(=O)([O-])[O-])[C@@H](O)C(=O)NCCC(=O)NCCSC(=O)CC(=O)c1ccccc1. The summed E-state index contributed by atoms with van der Waals surface area (Å²) < 4.78 is 60.5. The lowest BCUT2D eigenvalue weighted by Crippen LogP contribution is -2.46. The Bertz CT molecular complexity index is 2130. The molecule has 2 unspecified atom stereocenters. The molecule has 6 N–H and O–H groups in total. The second kappa shape index (κ2) is 20.3. The number of rotatable bonds is 22. The van der Waals surface area contributed by atoms with Gasteiger partial charge < -0.3 is 69.0 Å². The number of Topliss-reactive ketones (excluding diaryl/α,β-unsaturated/α-hetero) is 1. The Hall–Kier alpha value is -3.55. The van der Waals surface area contributed by atoms with E-state index in [0.29, 0.717) is 5.56 Å². The molecule has 7 atom stereocenters. The maximum atomic E-state index is 12.6. The second-order valence-corrected chi connectivity index (χ2v) is 18.4. The van der Waals surface area contributed by atoms with Crippen LogP contribution in [0.1, 0.15) is 43.3 Å². The quantitative estimate of drug-likeness (QED) is 0.0299. The van der Waals surface area contributed by atoms with Gasteiger partial charge in [-0.3, -0.25) is 32.9 Å². The first-order valence-corrected chi connectivity index (χ1v) is 22.4. The van der Waals surface area contributed by atoms with Crippen molar-refractivity contribution in [3.05, 3.63) is 48.5 Å². The third kappa shape index (κ3) is 14.3. The molecular weight excluding hydrogens is 871 g/mol. The molecule has 3 heterocycles. The number of anilines is 1. The van der Waals surface area contributed by atoms with Crippen molar-refractivity contribution in [2.45, 2.75) is 57.3 Å². The number of aliphatic hydroxyl groups excluding tert-OH is 2. The van der Waals surface area contributed by atoms with Gasteiger partial charge in [0.25, 0.3) is 15.6 Å². The molecule has 2 amide bonds. The number of nitrogens with one attached hydrogen (secondary N) is 2. The van der Waals surface area contributed by atoms with Gasteiger partial charge in [0.2, 0.25) is 11.8 Å². The van der Waals surface area contributed by atoms with Crippen LogP contribution in [-0.2, 0) is 50.7 Å². The molecule has 4 rings (SSSR count). The second-order valence-electron chi connectivity index (χ2n) is 13.2. The van der Waals surface area contributed by atoms with Gasteiger partial charge >= 0.3 is 0 Å². The predicted octanol–water partition coefficient (Wildman–Crippen LogP) is -2.59. The fourth-order valence-electron chi connectivity index (χ4n) is 5.18. The summed E-state index contributed by atoms with van der Waals surface area (Å²) in [6.45, 7) is -0.144. The number of ketones is 1. The van der Waals surface area contributed by atoms with E-state index in [1.807, 2.05) is 0 Å². The lowest BCUT2D eigenvalue weighted by Gasteiger charge is -2.36. The number of phosphoric ester groups is 3. The molecule has 0 spiro atoms. The molecule has 3 aromatic rings. The number of imidazole rings is 1. The average molecular weight is 910 g/mol. The zero-order valence-electron chi connectivity index (χ0n) is 30.9. The first-order valence-electron chi connectivity index (χ1n) is 17.0. The molecule has 59 heavy (non-hydrogen) atoms. The van der Waals surface area contributed by atoms with Crippen LogP contribution in [0.5, 0.6) is 0 Å². The fraction of sp³-hybridized carbons (Fsp3) is 0.500. The Morgan fingerprint density at radius 3 is 2.37 bits per heavy atom. The number of aliphatic hydroxyl groups is 2. The van der Waals surface area contributed by atoms with Gasteiger partial charge in [-0.15, -0.1) is 0 Å². The molecular formula is C30H38N7O18P3S-4. The maximum absolute atomic E-state index is 12.6. The minimum atomic E-state index is -5.93. The largest absolute Gasteiger partial charge is 0.790 e. The standard InChI is InChI=1S/C30H42N7O18P3S/c1-30(2,25(42)28(43)33-9-8-20(39)32-10-11-59-21(40)12-18(38)17-6-4-3-5-7-17)14-52-58(49,50)55-57(47,48)51-13-19-24(54-56(44,45)46)23(41)29(53-19)37-16-36-22-26(31)34-15-35-27(22)37/h3-7,15-16,19,23-25,29,41-42H,8-14H2,1-2H3,(H,32,39)(H,33,43)(H,47,48)(H,49,50)(H2,31,34,35)(H2,44,45,46)/p-4/t19-,23+,24-,25+,29-/m1/s1. The van der Waals surface area contributed by atoms with E-state index in [1.165, 1.54) is 13.8 Å². The minimum absolute atomic E-state index is 0.0294. The Labute approximate surface area is 338 Å². The Morgan fingerprint density at radius 1 is 1.02 bits per heavy atom. The molecule has 0 radical (unpaired) electrons. The molecule has 0 aliphatic carbocycles. The van der Waals surface area contributed by atoms with Crippen LogP contribution >= 0.6 is 35.2 Å².